The summed E-state index contributed by atoms with van der Waals surface area (Å²) in [4.78, 5) is 0. The summed E-state index contributed by atoms with van der Waals surface area (Å²) >= 11 is 0. The molecule has 0 radical (unpaired) electrons. The van der Waals surface area contributed by atoms with Crippen LogP contribution in [0.5, 0.6) is 0 Å². The van der Waals surface area contributed by atoms with Crippen molar-refractivity contribution in [2.45, 2.75) is 13.5 Å². The Morgan fingerprint density at radius 1 is 1.35 bits per heavy atom. The lowest BCUT2D eigenvalue weighted by Gasteiger charge is -1.98. The van der Waals surface area contributed by atoms with Gasteiger partial charge in [0.15, 0.2) is 0 Å². The Kier molecular flexibility index (Phi) is 4.48. The minimum Gasteiger partial charge on any atom is -1.00 e. The average Bonchev–Trinajstić information content (AvgIpc) is 2.58. The van der Waals surface area contributed by atoms with E-state index in [1.807, 2.05) is 49.0 Å². The van der Waals surface area contributed by atoms with Crippen LogP contribution < -0.4 is 22.5 Å². The zero-order valence-corrected chi connectivity index (χ0v) is 10.5. The fraction of sp³-hybridized carbons (Fsp3) is 0.273. The normalized spacial score (nSPS) is 9.82. The topological polar surface area (TPSA) is 54.0 Å². The van der Waals surface area contributed by atoms with E-state index >= 15 is 0 Å². The lowest BCUT2D eigenvalue weighted by molar-refractivity contribution is -0.665. The molecule has 0 unspecified atom stereocenters. The van der Waals surface area contributed by atoms with Crippen LogP contribution in [0, 0.1) is 6.92 Å². The predicted molar refractivity (Wildman–Crippen MR) is 59.1 cm³/mol. The van der Waals surface area contributed by atoms with Crippen molar-refractivity contribution in [1.29, 1.82) is 0 Å². The molecule has 0 atom stereocenters. The number of benzene rings is 1. The van der Waals surface area contributed by atoms with Crippen molar-refractivity contribution in [2.24, 2.45) is 7.05 Å². The van der Waals surface area contributed by atoms with E-state index in [9.17, 15) is 0 Å². The molecule has 2 rings (SSSR count). The number of rotatable bonds is 3. The standard InChI is InChI=1S/C11H15N4O.ClH/c1-9-14(2)11(13-16)12-15(9)8-10-6-4-3-5-7-10;/h3-7,16H,8H2,1-2H3,(H,12,13);1H/q+1;/p-1. The maximum Gasteiger partial charge on any atom is 0.404 e. The van der Waals surface area contributed by atoms with Gasteiger partial charge in [-0.1, -0.05) is 30.3 Å². The lowest BCUT2D eigenvalue weighted by atomic mass is 10.2. The van der Waals surface area contributed by atoms with E-state index in [0.717, 1.165) is 5.82 Å². The Hall–Kier alpha value is -1.59. The number of nitrogens with one attached hydrogen (secondary N) is 1. The molecule has 2 N–H and O–H groups in total. The van der Waals surface area contributed by atoms with E-state index in [1.54, 1.807) is 4.57 Å². The van der Waals surface area contributed by atoms with Crippen LogP contribution in [-0.2, 0) is 13.6 Å². The van der Waals surface area contributed by atoms with Gasteiger partial charge in [0.25, 0.3) is 0 Å². The highest BCUT2D eigenvalue weighted by Gasteiger charge is 2.17. The number of hydrogen-bond donors (Lipinski definition) is 2. The van der Waals surface area contributed by atoms with Crippen LogP contribution in [-0.4, -0.2) is 15.0 Å². The minimum atomic E-state index is 0. The first-order valence-electron chi connectivity index (χ1n) is 5.10. The molecule has 6 heteroatoms. The molecule has 0 spiro atoms. The highest BCUT2D eigenvalue weighted by atomic mass is 35.5. The quantitative estimate of drug-likeness (QED) is 0.486. The third-order valence-electron chi connectivity index (χ3n) is 2.67. The first-order valence-corrected chi connectivity index (χ1v) is 5.10. The summed E-state index contributed by atoms with van der Waals surface area (Å²) in [5.41, 5.74) is 3.25. The molecule has 0 aliphatic rings. The van der Waals surface area contributed by atoms with Crippen LogP contribution >= 0.6 is 0 Å². The van der Waals surface area contributed by atoms with Crippen LogP contribution in [0.2, 0.25) is 0 Å². The largest absolute Gasteiger partial charge is 1.00 e. The van der Waals surface area contributed by atoms with E-state index in [0.29, 0.717) is 12.5 Å². The van der Waals surface area contributed by atoms with E-state index in [2.05, 4.69) is 10.6 Å². The molecule has 0 saturated heterocycles. The van der Waals surface area contributed by atoms with Crippen LogP contribution in [0.1, 0.15) is 11.4 Å². The highest BCUT2D eigenvalue weighted by molar-refractivity contribution is 5.16. The number of halogens is 1. The molecule has 2 aromatic rings. The molecule has 0 amide bonds. The van der Waals surface area contributed by atoms with Crippen LogP contribution in [0.4, 0.5) is 5.95 Å². The predicted octanol–water partition coefficient (Wildman–Crippen LogP) is -2.13. The molecule has 92 valence electrons. The highest BCUT2D eigenvalue weighted by Crippen LogP contribution is 2.04. The maximum absolute atomic E-state index is 8.88. The molecule has 1 heterocycles. The van der Waals surface area contributed by atoms with Gasteiger partial charge in [0, 0.05) is 12.0 Å². The van der Waals surface area contributed by atoms with Crippen LogP contribution in [0.3, 0.4) is 0 Å². The molecule has 0 aliphatic carbocycles. The van der Waals surface area contributed by atoms with Gasteiger partial charge in [0.2, 0.25) is 5.82 Å². The zero-order chi connectivity index (χ0) is 11.5. The zero-order valence-electron chi connectivity index (χ0n) is 9.76. The first kappa shape index (κ1) is 13.5. The third kappa shape index (κ3) is 2.75. The molecular weight excluding hydrogens is 240 g/mol. The summed E-state index contributed by atoms with van der Waals surface area (Å²) in [7, 11) is 1.85. The molecular formula is C11H15ClN4O. The van der Waals surface area contributed by atoms with Gasteiger partial charge in [-0.05, 0) is 5.56 Å². The van der Waals surface area contributed by atoms with Crippen LogP contribution in [0.15, 0.2) is 30.3 Å². The molecule has 5 nitrogen and oxygen atoms in total. The Balaban J connectivity index is 0.00000144. The number of hydrogen-bond acceptors (Lipinski definition) is 3. The Labute approximate surface area is 106 Å². The molecule has 1 aromatic carbocycles. The van der Waals surface area contributed by atoms with Gasteiger partial charge in [-0.2, -0.15) is 5.48 Å². The Morgan fingerprint density at radius 3 is 2.53 bits per heavy atom. The second-order valence-corrected chi connectivity index (χ2v) is 3.68. The van der Waals surface area contributed by atoms with Crippen molar-refractivity contribution >= 4 is 5.95 Å². The smallest absolute Gasteiger partial charge is 0.404 e. The van der Waals surface area contributed by atoms with E-state index in [4.69, 9.17) is 5.21 Å². The fourth-order valence-electron chi connectivity index (χ4n) is 1.58. The van der Waals surface area contributed by atoms with Crippen molar-refractivity contribution in [3.8, 4) is 0 Å². The molecule has 0 bridgehead atoms. The van der Waals surface area contributed by atoms with Gasteiger partial charge in [-0.25, -0.2) is 9.77 Å². The molecule has 0 saturated carbocycles. The lowest BCUT2D eigenvalue weighted by Crippen LogP contribution is -3.00. The molecule has 17 heavy (non-hydrogen) atoms. The van der Waals surface area contributed by atoms with Crippen LogP contribution in [0.25, 0.3) is 0 Å². The van der Waals surface area contributed by atoms with Crippen molar-refractivity contribution in [3.05, 3.63) is 41.7 Å². The minimum absolute atomic E-state index is 0. The van der Waals surface area contributed by atoms with Crippen molar-refractivity contribution < 1.29 is 22.2 Å². The summed E-state index contributed by atoms with van der Waals surface area (Å²) in [6.07, 6.45) is 0. The van der Waals surface area contributed by atoms with Crippen molar-refractivity contribution in [3.63, 3.8) is 0 Å². The van der Waals surface area contributed by atoms with E-state index in [-0.39, 0.29) is 12.4 Å². The first-order chi connectivity index (χ1) is 7.72. The SMILES string of the molecule is Cc1n(Cc2ccccc2)nc(NO)[n+]1C.[Cl-]. The number of anilines is 1. The monoisotopic (exact) mass is 254 g/mol. The summed E-state index contributed by atoms with van der Waals surface area (Å²) in [6, 6.07) is 10.1. The summed E-state index contributed by atoms with van der Waals surface area (Å²) < 4.78 is 3.64. The molecule has 0 aliphatic heterocycles. The van der Waals surface area contributed by atoms with Gasteiger partial charge < -0.3 is 12.4 Å². The second kappa shape index (κ2) is 5.65. The number of aromatic nitrogens is 3. The van der Waals surface area contributed by atoms with Gasteiger partial charge in [0.1, 0.15) is 6.54 Å². The molecule has 0 fully saturated rings. The summed E-state index contributed by atoms with van der Waals surface area (Å²) in [5.74, 6) is 1.41. The average molecular weight is 255 g/mol. The Bertz CT molecular complexity index is 484. The molecule has 1 aromatic heterocycles. The second-order valence-electron chi connectivity index (χ2n) is 3.68. The van der Waals surface area contributed by atoms with Gasteiger partial charge >= 0.3 is 5.95 Å². The van der Waals surface area contributed by atoms with Gasteiger partial charge in [0.05, 0.1) is 7.05 Å². The van der Waals surface area contributed by atoms with Crippen molar-refractivity contribution in [1.82, 2.24) is 9.78 Å². The maximum atomic E-state index is 8.88. The van der Waals surface area contributed by atoms with E-state index in [1.165, 1.54) is 5.56 Å². The summed E-state index contributed by atoms with van der Waals surface area (Å²) in [6.45, 7) is 2.65. The van der Waals surface area contributed by atoms with Gasteiger partial charge in [-0.3, -0.25) is 0 Å². The third-order valence-corrected chi connectivity index (χ3v) is 2.67. The summed E-state index contributed by atoms with van der Waals surface area (Å²) in [5, 5.41) is 13.1. The van der Waals surface area contributed by atoms with Crippen molar-refractivity contribution in [2.75, 3.05) is 5.48 Å². The van der Waals surface area contributed by atoms with E-state index < -0.39 is 0 Å². The Morgan fingerprint density at radius 2 is 2.00 bits per heavy atom. The van der Waals surface area contributed by atoms with Gasteiger partial charge in [-0.15, -0.1) is 4.68 Å². The number of nitrogens with zero attached hydrogens (tertiary/aromatic N) is 3. The fourth-order valence-corrected chi connectivity index (χ4v) is 1.58.